The van der Waals surface area contributed by atoms with Crippen LogP contribution in [0.2, 0.25) is 10.0 Å². The van der Waals surface area contributed by atoms with Crippen molar-refractivity contribution in [2.45, 2.75) is 26.1 Å². The number of hydrogen-bond donors (Lipinski definition) is 1. The van der Waals surface area contributed by atoms with Crippen LogP contribution in [-0.2, 0) is 17.9 Å². The third-order valence-corrected chi connectivity index (χ3v) is 8.21. The van der Waals surface area contributed by atoms with Crippen LogP contribution in [0.25, 0.3) is 17.3 Å². The minimum Gasteiger partial charge on any atom is -0.445 e. The summed E-state index contributed by atoms with van der Waals surface area (Å²) < 4.78 is 21.1. The molecule has 0 aliphatic carbocycles. The van der Waals surface area contributed by atoms with Gasteiger partial charge in [-0.2, -0.15) is 5.10 Å². The molecule has 2 heterocycles. The molecule has 232 valence electrons. The standard InChI is InChI=1S/C36H29Cl2FN4O3/c1-23(26-10-6-3-7-11-26)40-35(44)33-30-21-42(36(45)46-22-25-8-4-2-5-9-25)20-27(18-24-12-15-29(39)16-13-24)34(30)43(41-33)32-17-14-28(37)19-31(32)38/h2-19,23H,20-22H2,1H3,(H,40,44)/b27-18+/t23-/m1/s1. The SMILES string of the molecule is C[C@@H](NC(=O)c1nn(-c2ccc(Cl)cc2Cl)c2c1CN(C(=O)OCc1ccccc1)C/C2=C\c1ccc(F)cc1)c1ccccc1. The summed E-state index contributed by atoms with van der Waals surface area (Å²) in [6.07, 6.45) is 1.28. The number of fused-ring (bicyclic) bond motifs is 1. The van der Waals surface area contributed by atoms with E-state index in [0.717, 1.165) is 11.1 Å². The van der Waals surface area contributed by atoms with Crippen LogP contribution in [-0.4, -0.2) is 33.2 Å². The van der Waals surface area contributed by atoms with Gasteiger partial charge in [0, 0.05) is 10.6 Å². The van der Waals surface area contributed by atoms with E-state index in [9.17, 15) is 14.0 Å². The van der Waals surface area contributed by atoms with E-state index in [4.69, 9.17) is 33.0 Å². The molecule has 2 amide bonds. The summed E-state index contributed by atoms with van der Waals surface area (Å²) in [7, 11) is 0. The molecule has 10 heteroatoms. The first-order chi connectivity index (χ1) is 22.3. The largest absolute Gasteiger partial charge is 0.445 e. The summed E-state index contributed by atoms with van der Waals surface area (Å²) in [4.78, 5) is 29.0. The van der Waals surface area contributed by atoms with Crippen molar-refractivity contribution in [2.24, 2.45) is 0 Å². The molecule has 0 fully saturated rings. The van der Waals surface area contributed by atoms with Gasteiger partial charge in [-0.25, -0.2) is 13.9 Å². The van der Waals surface area contributed by atoms with E-state index in [1.54, 1.807) is 35.0 Å². The van der Waals surface area contributed by atoms with Gasteiger partial charge in [-0.1, -0.05) is 96.0 Å². The van der Waals surface area contributed by atoms with E-state index in [0.29, 0.717) is 38.1 Å². The molecule has 0 saturated carbocycles. The van der Waals surface area contributed by atoms with Crippen LogP contribution in [0.3, 0.4) is 0 Å². The number of ether oxygens (including phenoxy) is 1. The van der Waals surface area contributed by atoms with Gasteiger partial charge in [0.05, 0.1) is 35.5 Å². The quantitative estimate of drug-likeness (QED) is 0.191. The second-order valence-electron chi connectivity index (χ2n) is 10.9. The Morgan fingerprint density at radius 1 is 0.957 bits per heavy atom. The van der Waals surface area contributed by atoms with Crippen LogP contribution in [0, 0.1) is 5.82 Å². The molecule has 1 aromatic heterocycles. The van der Waals surface area contributed by atoms with Crippen molar-refractivity contribution < 1.29 is 18.7 Å². The Balaban J connectivity index is 1.45. The molecule has 5 aromatic rings. The summed E-state index contributed by atoms with van der Waals surface area (Å²) in [6.45, 7) is 2.16. The van der Waals surface area contributed by atoms with E-state index in [-0.39, 0.29) is 37.2 Å². The summed E-state index contributed by atoms with van der Waals surface area (Å²) in [5, 5.41) is 8.61. The Hall–Kier alpha value is -4.92. The fourth-order valence-electron chi connectivity index (χ4n) is 5.37. The fourth-order valence-corrected chi connectivity index (χ4v) is 5.86. The van der Waals surface area contributed by atoms with Gasteiger partial charge >= 0.3 is 6.09 Å². The highest BCUT2D eigenvalue weighted by atomic mass is 35.5. The van der Waals surface area contributed by atoms with Crippen LogP contribution in [0.1, 0.15) is 51.4 Å². The van der Waals surface area contributed by atoms with E-state index >= 15 is 0 Å². The first-order valence-corrected chi connectivity index (χ1v) is 15.4. The number of halogens is 3. The number of nitrogens with zero attached hydrogens (tertiary/aromatic N) is 3. The van der Waals surface area contributed by atoms with Gasteiger partial charge in [0.1, 0.15) is 12.4 Å². The molecule has 0 bridgehead atoms. The smallest absolute Gasteiger partial charge is 0.410 e. The van der Waals surface area contributed by atoms with Gasteiger partial charge < -0.3 is 10.1 Å². The maximum atomic E-state index is 13.9. The molecular weight excluding hydrogens is 626 g/mol. The predicted molar refractivity (Wildman–Crippen MR) is 177 cm³/mol. The van der Waals surface area contributed by atoms with Gasteiger partial charge in [-0.15, -0.1) is 0 Å². The molecule has 46 heavy (non-hydrogen) atoms. The topological polar surface area (TPSA) is 76.5 Å². The lowest BCUT2D eigenvalue weighted by atomic mass is 9.97. The Bertz CT molecular complexity index is 1910. The van der Waals surface area contributed by atoms with Crippen molar-refractivity contribution in [2.75, 3.05) is 6.54 Å². The Morgan fingerprint density at radius 3 is 2.35 bits per heavy atom. The van der Waals surface area contributed by atoms with E-state index in [2.05, 4.69) is 5.32 Å². The van der Waals surface area contributed by atoms with Crippen molar-refractivity contribution >= 4 is 46.9 Å². The summed E-state index contributed by atoms with van der Waals surface area (Å²) in [5.41, 5.74) is 4.86. The molecule has 1 aliphatic heterocycles. The van der Waals surface area contributed by atoms with Crippen molar-refractivity contribution in [3.8, 4) is 5.69 Å². The maximum absolute atomic E-state index is 13.9. The van der Waals surface area contributed by atoms with Crippen molar-refractivity contribution in [3.63, 3.8) is 0 Å². The minimum absolute atomic E-state index is 0.0530. The lowest BCUT2D eigenvalue weighted by molar-refractivity contribution is 0.0916. The number of nitrogens with one attached hydrogen (secondary N) is 1. The zero-order valence-corrected chi connectivity index (χ0v) is 26.3. The maximum Gasteiger partial charge on any atom is 0.410 e. The summed E-state index contributed by atoms with van der Waals surface area (Å²) in [6, 6.07) is 29.7. The average molecular weight is 656 g/mol. The molecule has 0 unspecified atom stereocenters. The van der Waals surface area contributed by atoms with Gasteiger partial charge in [-0.3, -0.25) is 9.69 Å². The highest BCUT2D eigenvalue weighted by Gasteiger charge is 2.35. The molecular formula is C36H29Cl2FN4O3. The number of benzene rings is 4. The number of aromatic nitrogens is 2. The average Bonchev–Trinajstić information content (AvgIpc) is 3.45. The number of carbonyl (C=O) groups is 2. The fraction of sp³-hybridized carbons (Fsp3) is 0.139. The number of amides is 2. The Kier molecular flexibility index (Phi) is 9.19. The molecule has 1 aliphatic rings. The monoisotopic (exact) mass is 654 g/mol. The minimum atomic E-state index is -0.555. The molecule has 0 saturated heterocycles. The van der Waals surface area contributed by atoms with Crippen LogP contribution < -0.4 is 5.32 Å². The van der Waals surface area contributed by atoms with E-state index in [1.807, 2.05) is 73.7 Å². The molecule has 1 atom stereocenters. The predicted octanol–water partition coefficient (Wildman–Crippen LogP) is 8.50. The summed E-state index contributed by atoms with van der Waals surface area (Å²) >= 11 is 12.9. The first kappa shape index (κ1) is 31.1. The van der Waals surface area contributed by atoms with Crippen LogP contribution in [0.4, 0.5) is 9.18 Å². The number of rotatable bonds is 7. The van der Waals surface area contributed by atoms with Crippen LogP contribution >= 0.6 is 23.2 Å². The molecule has 6 rings (SSSR count). The first-order valence-electron chi connectivity index (χ1n) is 14.6. The van der Waals surface area contributed by atoms with Gasteiger partial charge in [-0.05, 0) is 65.6 Å². The molecule has 7 nitrogen and oxygen atoms in total. The van der Waals surface area contributed by atoms with Crippen LogP contribution in [0.15, 0.2) is 103 Å². The van der Waals surface area contributed by atoms with Gasteiger partial charge in [0.2, 0.25) is 0 Å². The number of hydrogen-bond acceptors (Lipinski definition) is 4. The Morgan fingerprint density at radius 2 is 1.65 bits per heavy atom. The highest BCUT2D eigenvalue weighted by molar-refractivity contribution is 6.35. The van der Waals surface area contributed by atoms with Crippen molar-refractivity contribution in [1.82, 2.24) is 20.0 Å². The second kappa shape index (κ2) is 13.6. The van der Waals surface area contributed by atoms with Crippen molar-refractivity contribution in [3.05, 3.63) is 153 Å². The lowest BCUT2D eigenvalue weighted by Gasteiger charge is -2.29. The van der Waals surface area contributed by atoms with Crippen LogP contribution in [0.5, 0.6) is 0 Å². The second-order valence-corrected chi connectivity index (χ2v) is 11.8. The molecule has 1 N–H and O–H groups in total. The highest BCUT2D eigenvalue weighted by Crippen LogP contribution is 2.36. The zero-order chi connectivity index (χ0) is 32.2. The van der Waals surface area contributed by atoms with Gasteiger partial charge in [0.15, 0.2) is 5.69 Å². The molecule has 0 radical (unpaired) electrons. The van der Waals surface area contributed by atoms with E-state index < -0.39 is 12.0 Å². The third kappa shape index (κ3) is 6.83. The normalized spacial score (nSPS) is 14.1. The Labute approximate surface area is 275 Å². The molecule has 0 spiro atoms. The zero-order valence-electron chi connectivity index (χ0n) is 24.8. The van der Waals surface area contributed by atoms with Gasteiger partial charge in [0.25, 0.3) is 5.91 Å². The number of carbonyl (C=O) groups excluding carboxylic acids is 2. The summed E-state index contributed by atoms with van der Waals surface area (Å²) in [5.74, 6) is -0.792. The third-order valence-electron chi connectivity index (χ3n) is 7.67. The van der Waals surface area contributed by atoms with Crippen molar-refractivity contribution in [1.29, 1.82) is 0 Å². The molecule has 4 aromatic carbocycles. The van der Waals surface area contributed by atoms with E-state index in [1.165, 1.54) is 17.0 Å². The lowest BCUT2D eigenvalue weighted by Crippen LogP contribution is -2.37.